The summed E-state index contributed by atoms with van der Waals surface area (Å²) in [6, 6.07) is 9.64. The molecular formula is C10H14N2O. The van der Waals surface area contributed by atoms with Crippen LogP contribution in [0.25, 0.3) is 0 Å². The Morgan fingerprint density at radius 3 is 2.31 bits per heavy atom. The van der Waals surface area contributed by atoms with Crippen LogP contribution in [0.15, 0.2) is 30.3 Å². The van der Waals surface area contributed by atoms with Gasteiger partial charge in [0.15, 0.2) is 0 Å². The average Bonchev–Trinajstić information content (AvgIpc) is 2.18. The molecule has 0 atom stereocenters. The number of rotatable bonds is 2. The summed E-state index contributed by atoms with van der Waals surface area (Å²) in [5.74, 6) is 0.0960. The molecule has 0 saturated carbocycles. The maximum absolute atomic E-state index is 8.66. The number of hydrogen-bond acceptors (Lipinski definition) is 2. The van der Waals surface area contributed by atoms with Gasteiger partial charge in [0.05, 0.1) is 0 Å². The van der Waals surface area contributed by atoms with Gasteiger partial charge in [-0.05, 0) is 19.4 Å². The van der Waals surface area contributed by atoms with E-state index in [1.807, 2.05) is 49.7 Å². The Bertz CT molecular complexity index is 293. The topological polar surface area (TPSA) is 56.1 Å². The van der Waals surface area contributed by atoms with Crippen molar-refractivity contribution in [1.29, 1.82) is 5.41 Å². The van der Waals surface area contributed by atoms with Crippen molar-refractivity contribution in [2.75, 3.05) is 0 Å². The van der Waals surface area contributed by atoms with Gasteiger partial charge in [0, 0.05) is 5.41 Å². The lowest BCUT2D eigenvalue weighted by Crippen LogP contribution is -2.37. The second-order valence-electron chi connectivity index (χ2n) is 3.48. The normalized spacial score (nSPS) is 11.0. The van der Waals surface area contributed by atoms with E-state index < -0.39 is 5.41 Å². The van der Waals surface area contributed by atoms with Gasteiger partial charge in [0.2, 0.25) is 0 Å². The van der Waals surface area contributed by atoms with Crippen molar-refractivity contribution in [1.82, 2.24) is 5.48 Å². The minimum Gasteiger partial charge on any atom is -0.290 e. The molecule has 0 aromatic heterocycles. The third kappa shape index (κ3) is 1.87. The molecular weight excluding hydrogens is 164 g/mol. The molecule has 0 fully saturated rings. The monoisotopic (exact) mass is 178 g/mol. The zero-order valence-corrected chi connectivity index (χ0v) is 7.83. The number of nitrogens with one attached hydrogen (secondary N) is 2. The van der Waals surface area contributed by atoms with Crippen LogP contribution in [-0.4, -0.2) is 11.0 Å². The third-order valence-electron chi connectivity index (χ3n) is 2.23. The minimum atomic E-state index is -0.476. The van der Waals surface area contributed by atoms with Gasteiger partial charge in [0.1, 0.15) is 5.84 Å². The summed E-state index contributed by atoms with van der Waals surface area (Å²) in [4.78, 5) is 0. The highest BCUT2D eigenvalue weighted by Crippen LogP contribution is 2.22. The van der Waals surface area contributed by atoms with Crippen molar-refractivity contribution in [3.63, 3.8) is 0 Å². The fourth-order valence-electron chi connectivity index (χ4n) is 1.14. The Labute approximate surface area is 77.9 Å². The first-order valence-electron chi connectivity index (χ1n) is 4.13. The molecule has 0 aliphatic carbocycles. The lowest BCUT2D eigenvalue weighted by molar-refractivity contribution is 0.225. The lowest BCUT2D eigenvalue weighted by atomic mass is 9.83. The molecule has 70 valence electrons. The maximum atomic E-state index is 8.66. The van der Waals surface area contributed by atoms with Crippen LogP contribution in [0.1, 0.15) is 19.4 Å². The fourth-order valence-corrected chi connectivity index (χ4v) is 1.14. The fraction of sp³-hybridized carbons (Fsp3) is 0.300. The Kier molecular flexibility index (Phi) is 2.68. The molecule has 0 bridgehead atoms. The molecule has 3 nitrogen and oxygen atoms in total. The van der Waals surface area contributed by atoms with Crippen molar-refractivity contribution in [2.24, 2.45) is 0 Å². The van der Waals surface area contributed by atoms with E-state index in [4.69, 9.17) is 10.6 Å². The van der Waals surface area contributed by atoms with E-state index in [-0.39, 0.29) is 5.84 Å². The average molecular weight is 178 g/mol. The molecule has 0 spiro atoms. The third-order valence-corrected chi connectivity index (χ3v) is 2.23. The molecule has 1 aromatic carbocycles. The summed E-state index contributed by atoms with van der Waals surface area (Å²) in [6.07, 6.45) is 0. The molecule has 0 aliphatic heterocycles. The number of hydrogen-bond donors (Lipinski definition) is 3. The zero-order valence-electron chi connectivity index (χ0n) is 7.83. The van der Waals surface area contributed by atoms with E-state index in [9.17, 15) is 0 Å². The van der Waals surface area contributed by atoms with Crippen molar-refractivity contribution >= 4 is 5.84 Å². The molecule has 13 heavy (non-hydrogen) atoms. The minimum absolute atomic E-state index is 0.0960. The van der Waals surface area contributed by atoms with Gasteiger partial charge in [-0.2, -0.15) is 0 Å². The second kappa shape index (κ2) is 3.58. The smallest absolute Gasteiger partial charge is 0.127 e. The quantitative estimate of drug-likeness (QED) is 0.368. The van der Waals surface area contributed by atoms with Crippen molar-refractivity contribution in [3.05, 3.63) is 35.9 Å². The first kappa shape index (κ1) is 9.74. The molecule has 0 unspecified atom stereocenters. The van der Waals surface area contributed by atoms with Crippen LogP contribution in [0, 0.1) is 5.41 Å². The first-order valence-corrected chi connectivity index (χ1v) is 4.13. The Morgan fingerprint density at radius 1 is 1.31 bits per heavy atom. The zero-order chi connectivity index (χ0) is 9.90. The molecule has 1 rings (SSSR count). The van der Waals surface area contributed by atoms with E-state index in [0.717, 1.165) is 5.56 Å². The highest BCUT2D eigenvalue weighted by atomic mass is 16.5. The van der Waals surface area contributed by atoms with Gasteiger partial charge < -0.3 is 0 Å². The van der Waals surface area contributed by atoms with Crippen LogP contribution >= 0.6 is 0 Å². The maximum Gasteiger partial charge on any atom is 0.127 e. The van der Waals surface area contributed by atoms with Crippen LogP contribution in [0.4, 0.5) is 0 Å². The Balaban J connectivity index is 3.00. The Morgan fingerprint density at radius 2 is 1.85 bits per heavy atom. The van der Waals surface area contributed by atoms with Gasteiger partial charge in [0.25, 0.3) is 0 Å². The summed E-state index contributed by atoms with van der Waals surface area (Å²) in [5, 5.41) is 16.2. The van der Waals surface area contributed by atoms with Gasteiger partial charge >= 0.3 is 0 Å². The molecule has 0 saturated heterocycles. The molecule has 0 aliphatic rings. The van der Waals surface area contributed by atoms with E-state index in [1.54, 1.807) is 0 Å². The van der Waals surface area contributed by atoms with E-state index in [0.29, 0.717) is 0 Å². The second-order valence-corrected chi connectivity index (χ2v) is 3.48. The summed E-state index contributed by atoms with van der Waals surface area (Å²) >= 11 is 0. The Hall–Kier alpha value is -1.35. The first-order chi connectivity index (χ1) is 6.09. The van der Waals surface area contributed by atoms with Crippen molar-refractivity contribution in [2.45, 2.75) is 19.3 Å². The molecule has 0 heterocycles. The summed E-state index contributed by atoms with van der Waals surface area (Å²) in [6.45, 7) is 3.77. The van der Waals surface area contributed by atoms with Crippen LogP contribution in [0.5, 0.6) is 0 Å². The largest absolute Gasteiger partial charge is 0.290 e. The van der Waals surface area contributed by atoms with E-state index in [2.05, 4.69) is 0 Å². The van der Waals surface area contributed by atoms with Gasteiger partial charge in [-0.3, -0.25) is 16.1 Å². The van der Waals surface area contributed by atoms with Crippen LogP contribution in [0.3, 0.4) is 0 Å². The van der Waals surface area contributed by atoms with Crippen molar-refractivity contribution in [3.8, 4) is 0 Å². The predicted molar refractivity (Wildman–Crippen MR) is 52.1 cm³/mol. The van der Waals surface area contributed by atoms with Crippen LogP contribution < -0.4 is 5.48 Å². The standard InChI is InChI=1S/C10H14N2O/c1-10(2,9(11)12-13)8-6-4-3-5-7-8/h3-7,13H,1-2H3,(H2,11,12). The summed E-state index contributed by atoms with van der Waals surface area (Å²) in [5.41, 5.74) is 2.41. The van der Waals surface area contributed by atoms with E-state index in [1.165, 1.54) is 0 Å². The SMILES string of the molecule is CC(C)(C(=N)NO)c1ccccc1. The van der Waals surface area contributed by atoms with Gasteiger partial charge in [-0.1, -0.05) is 30.3 Å². The van der Waals surface area contributed by atoms with Gasteiger partial charge in [-0.25, -0.2) is 0 Å². The summed E-state index contributed by atoms with van der Waals surface area (Å²) < 4.78 is 0. The molecule has 3 heteroatoms. The lowest BCUT2D eigenvalue weighted by Gasteiger charge is -2.24. The highest BCUT2D eigenvalue weighted by molar-refractivity contribution is 5.88. The van der Waals surface area contributed by atoms with Gasteiger partial charge in [-0.15, -0.1) is 0 Å². The highest BCUT2D eigenvalue weighted by Gasteiger charge is 2.25. The summed E-state index contributed by atoms with van der Waals surface area (Å²) in [7, 11) is 0. The van der Waals surface area contributed by atoms with Crippen molar-refractivity contribution < 1.29 is 5.21 Å². The number of hydroxylamine groups is 1. The predicted octanol–water partition coefficient (Wildman–Crippen LogP) is 1.92. The number of amidine groups is 1. The molecule has 1 aromatic rings. The van der Waals surface area contributed by atoms with Crippen LogP contribution in [0.2, 0.25) is 0 Å². The molecule has 0 amide bonds. The number of benzene rings is 1. The van der Waals surface area contributed by atoms with Crippen LogP contribution in [-0.2, 0) is 5.41 Å². The molecule has 0 radical (unpaired) electrons. The molecule has 3 N–H and O–H groups in total. The van der Waals surface area contributed by atoms with E-state index >= 15 is 0 Å².